The molecule has 0 spiro atoms. The van der Waals surface area contributed by atoms with Crippen LogP contribution in [0.1, 0.15) is 16.8 Å². The number of anilines is 2. The number of methoxy groups -OCH3 is 1. The van der Waals surface area contributed by atoms with Gasteiger partial charge >= 0.3 is 0 Å². The summed E-state index contributed by atoms with van der Waals surface area (Å²) >= 11 is 3.49. The van der Waals surface area contributed by atoms with Gasteiger partial charge in [-0.25, -0.2) is 9.97 Å². The molecule has 0 aliphatic carbocycles. The van der Waals surface area contributed by atoms with E-state index >= 15 is 0 Å². The second kappa shape index (κ2) is 8.06. The van der Waals surface area contributed by atoms with Gasteiger partial charge in [0.25, 0.3) is 0 Å². The molecule has 27 heavy (non-hydrogen) atoms. The SMILES string of the molecule is COc1ccc(Nc2ncc3c(n2)CCN(Cc2ccc(Br)cc2)C3)cc1. The van der Waals surface area contributed by atoms with Crippen LogP contribution in [-0.2, 0) is 19.5 Å². The first kappa shape index (κ1) is 17.9. The van der Waals surface area contributed by atoms with Gasteiger partial charge in [0.1, 0.15) is 5.75 Å². The number of nitrogens with zero attached hydrogens (tertiary/aromatic N) is 3. The van der Waals surface area contributed by atoms with Crippen molar-refractivity contribution in [1.82, 2.24) is 14.9 Å². The zero-order chi connectivity index (χ0) is 18.6. The van der Waals surface area contributed by atoms with Crippen molar-refractivity contribution in [2.75, 3.05) is 19.0 Å². The first-order valence-electron chi connectivity index (χ1n) is 8.92. The number of ether oxygens (including phenoxy) is 1. The highest BCUT2D eigenvalue weighted by atomic mass is 79.9. The molecule has 6 heteroatoms. The molecule has 0 amide bonds. The topological polar surface area (TPSA) is 50.3 Å². The molecule has 0 atom stereocenters. The van der Waals surface area contributed by atoms with E-state index in [4.69, 9.17) is 9.72 Å². The van der Waals surface area contributed by atoms with Gasteiger partial charge in [-0.2, -0.15) is 0 Å². The molecule has 0 unspecified atom stereocenters. The molecule has 0 saturated heterocycles. The lowest BCUT2D eigenvalue weighted by Crippen LogP contribution is -2.31. The highest BCUT2D eigenvalue weighted by Crippen LogP contribution is 2.22. The van der Waals surface area contributed by atoms with Crippen LogP contribution in [0.4, 0.5) is 11.6 Å². The van der Waals surface area contributed by atoms with Crippen LogP contribution in [0.25, 0.3) is 0 Å². The van der Waals surface area contributed by atoms with Gasteiger partial charge in [-0.3, -0.25) is 4.90 Å². The largest absolute Gasteiger partial charge is 0.497 e. The van der Waals surface area contributed by atoms with E-state index in [0.717, 1.165) is 47.7 Å². The lowest BCUT2D eigenvalue weighted by Gasteiger charge is -2.28. The maximum atomic E-state index is 5.19. The standard InChI is InChI=1S/C21H21BrN4O/c1-27-19-8-6-18(7-9-19)24-21-23-12-16-14-26(11-10-20(16)25-21)13-15-2-4-17(22)5-3-15/h2-9,12H,10-11,13-14H2,1H3,(H,23,24,25). The average molecular weight is 425 g/mol. The van der Waals surface area contributed by atoms with E-state index in [1.165, 1.54) is 11.1 Å². The third-order valence-electron chi connectivity index (χ3n) is 4.68. The third kappa shape index (κ3) is 4.46. The zero-order valence-corrected chi connectivity index (χ0v) is 16.7. The fourth-order valence-electron chi connectivity index (χ4n) is 3.22. The van der Waals surface area contributed by atoms with Gasteiger partial charge in [-0.1, -0.05) is 28.1 Å². The molecule has 0 bridgehead atoms. The summed E-state index contributed by atoms with van der Waals surface area (Å²) in [5.74, 6) is 1.47. The lowest BCUT2D eigenvalue weighted by atomic mass is 10.1. The maximum absolute atomic E-state index is 5.19. The van der Waals surface area contributed by atoms with Gasteiger partial charge in [-0.05, 0) is 42.0 Å². The van der Waals surface area contributed by atoms with Crippen LogP contribution in [-0.4, -0.2) is 28.5 Å². The van der Waals surface area contributed by atoms with Gasteiger partial charge in [0, 0.05) is 48.0 Å². The van der Waals surface area contributed by atoms with E-state index in [1.54, 1.807) is 7.11 Å². The van der Waals surface area contributed by atoms with Crippen molar-refractivity contribution in [3.8, 4) is 5.75 Å². The Labute approximate surface area is 167 Å². The molecule has 0 saturated carbocycles. The van der Waals surface area contributed by atoms with E-state index in [0.29, 0.717) is 5.95 Å². The number of fused-ring (bicyclic) bond motifs is 1. The normalized spacial score (nSPS) is 13.9. The van der Waals surface area contributed by atoms with E-state index < -0.39 is 0 Å². The summed E-state index contributed by atoms with van der Waals surface area (Å²) in [6, 6.07) is 16.3. The molecule has 1 aliphatic rings. The fourth-order valence-corrected chi connectivity index (χ4v) is 3.49. The molecule has 4 rings (SSSR count). The summed E-state index contributed by atoms with van der Waals surface area (Å²) in [4.78, 5) is 11.7. The van der Waals surface area contributed by atoms with Crippen molar-refractivity contribution in [1.29, 1.82) is 0 Å². The summed E-state index contributed by atoms with van der Waals surface area (Å²) in [6.45, 7) is 2.83. The Morgan fingerprint density at radius 1 is 1.11 bits per heavy atom. The highest BCUT2D eigenvalue weighted by molar-refractivity contribution is 9.10. The molecule has 0 radical (unpaired) electrons. The monoisotopic (exact) mass is 424 g/mol. The van der Waals surface area contributed by atoms with Gasteiger partial charge < -0.3 is 10.1 Å². The Hall–Kier alpha value is -2.44. The molecule has 5 nitrogen and oxygen atoms in total. The second-order valence-electron chi connectivity index (χ2n) is 6.61. The third-order valence-corrected chi connectivity index (χ3v) is 5.21. The number of nitrogens with one attached hydrogen (secondary N) is 1. The molecule has 2 heterocycles. The molecular weight excluding hydrogens is 404 g/mol. The minimum atomic E-state index is 0.639. The molecule has 1 N–H and O–H groups in total. The Morgan fingerprint density at radius 2 is 1.89 bits per heavy atom. The van der Waals surface area contributed by atoms with E-state index in [9.17, 15) is 0 Å². The van der Waals surface area contributed by atoms with Crippen molar-refractivity contribution in [2.45, 2.75) is 19.5 Å². The minimum absolute atomic E-state index is 0.639. The first-order valence-corrected chi connectivity index (χ1v) is 9.71. The number of hydrogen-bond acceptors (Lipinski definition) is 5. The minimum Gasteiger partial charge on any atom is -0.497 e. The molecule has 1 aliphatic heterocycles. The van der Waals surface area contributed by atoms with Gasteiger partial charge in [0.2, 0.25) is 5.95 Å². The summed E-state index contributed by atoms with van der Waals surface area (Å²) in [7, 11) is 1.66. The predicted molar refractivity (Wildman–Crippen MR) is 110 cm³/mol. The smallest absolute Gasteiger partial charge is 0.227 e. The zero-order valence-electron chi connectivity index (χ0n) is 15.2. The van der Waals surface area contributed by atoms with Crippen LogP contribution in [0.5, 0.6) is 5.75 Å². The lowest BCUT2D eigenvalue weighted by molar-refractivity contribution is 0.243. The molecule has 1 aromatic heterocycles. The van der Waals surface area contributed by atoms with E-state index in [-0.39, 0.29) is 0 Å². The number of halogens is 1. The Balaban J connectivity index is 1.42. The first-order chi connectivity index (χ1) is 13.2. The molecular formula is C21H21BrN4O. The summed E-state index contributed by atoms with van der Waals surface area (Å²) < 4.78 is 6.30. The maximum Gasteiger partial charge on any atom is 0.227 e. The van der Waals surface area contributed by atoms with Gasteiger partial charge in [0.15, 0.2) is 0 Å². The van der Waals surface area contributed by atoms with E-state index in [2.05, 4.69) is 55.4 Å². The van der Waals surface area contributed by atoms with Crippen molar-refractivity contribution in [2.24, 2.45) is 0 Å². The summed E-state index contributed by atoms with van der Waals surface area (Å²) in [5.41, 5.74) is 4.61. The Morgan fingerprint density at radius 3 is 2.63 bits per heavy atom. The summed E-state index contributed by atoms with van der Waals surface area (Å²) in [5, 5.41) is 3.27. The van der Waals surface area contributed by atoms with Gasteiger partial charge in [0.05, 0.1) is 12.8 Å². The fraction of sp³-hybridized carbons (Fsp3) is 0.238. The molecule has 138 valence electrons. The van der Waals surface area contributed by atoms with Crippen LogP contribution >= 0.6 is 15.9 Å². The summed E-state index contributed by atoms with van der Waals surface area (Å²) in [6.07, 6.45) is 2.88. The van der Waals surface area contributed by atoms with Crippen molar-refractivity contribution in [3.63, 3.8) is 0 Å². The van der Waals surface area contributed by atoms with Crippen LogP contribution in [0.3, 0.4) is 0 Å². The number of benzene rings is 2. The number of aromatic nitrogens is 2. The molecule has 2 aromatic carbocycles. The molecule has 0 fully saturated rings. The van der Waals surface area contributed by atoms with Crippen LogP contribution in [0.2, 0.25) is 0 Å². The molecule has 3 aromatic rings. The predicted octanol–water partition coefficient (Wildman–Crippen LogP) is 4.55. The second-order valence-corrected chi connectivity index (χ2v) is 7.52. The van der Waals surface area contributed by atoms with Crippen LogP contribution in [0, 0.1) is 0 Å². The van der Waals surface area contributed by atoms with Gasteiger partial charge in [-0.15, -0.1) is 0 Å². The van der Waals surface area contributed by atoms with Crippen molar-refractivity contribution in [3.05, 3.63) is 76.0 Å². The average Bonchev–Trinajstić information content (AvgIpc) is 2.70. The van der Waals surface area contributed by atoms with Crippen LogP contribution < -0.4 is 10.1 Å². The number of rotatable bonds is 5. The number of hydrogen-bond donors (Lipinski definition) is 1. The van der Waals surface area contributed by atoms with Crippen LogP contribution in [0.15, 0.2) is 59.2 Å². The Bertz CT molecular complexity index is 912. The Kier molecular flexibility index (Phi) is 5.36. The van der Waals surface area contributed by atoms with Crippen molar-refractivity contribution >= 4 is 27.6 Å². The van der Waals surface area contributed by atoms with E-state index in [1.807, 2.05) is 30.5 Å². The highest BCUT2D eigenvalue weighted by Gasteiger charge is 2.18. The quantitative estimate of drug-likeness (QED) is 0.650. The van der Waals surface area contributed by atoms with Crippen molar-refractivity contribution < 1.29 is 4.74 Å².